The molecule has 0 aromatic carbocycles. The summed E-state index contributed by atoms with van der Waals surface area (Å²) in [4.78, 5) is 12.2. The minimum Gasteiger partial charge on any atom is -0.766 e. The molecule has 0 bridgehead atoms. The zero-order chi connectivity index (χ0) is 18.9. The number of piperidine rings is 2. The van der Waals surface area contributed by atoms with Gasteiger partial charge in [0.25, 0.3) is 5.92 Å². The van der Waals surface area contributed by atoms with E-state index in [1.807, 2.05) is 11.9 Å². The molecule has 2 aliphatic heterocycles. The van der Waals surface area contributed by atoms with Gasteiger partial charge < -0.3 is 9.56 Å². The SMILES string of the molecule is CCC(C(=O)S(=O)[O-])C1CCN(N2CCC(F)(F)CC2)C2=CCCCC21. The van der Waals surface area contributed by atoms with Crippen LogP contribution in [0.3, 0.4) is 0 Å². The van der Waals surface area contributed by atoms with Crippen molar-refractivity contribution in [1.29, 1.82) is 0 Å². The Morgan fingerprint density at radius 1 is 1.35 bits per heavy atom. The van der Waals surface area contributed by atoms with Gasteiger partial charge in [0.15, 0.2) is 0 Å². The number of halogens is 2. The minimum absolute atomic E-state index is 0.0134. The summed E-state index contributed by atoms with van der Waals surface area (Å²) in [5, 5.41) is 3.47. The van der Waals surface area contributed by atoms with Gasteiger partial charge in [0.05, 0.1) is 0 Å². The molecule has 0 N–H and O–H groups in total. The summed E-state index contributed by atoms with van der Waals surface area (Å²) >= 11 is -2.69. The van der Waals surface area contributed by atoms with Crippen LogP contribution in [0.1, 0.15) is 51.9 Å². The molecule has 1 aliphatic carbocycles. The smallest absolute Gasteiger partial charge is 0.250 e. The lowest BCUT2D eigenvalue weighted by atomic mass is 9.71. The Hall–Kier alpha value is -0.860. The summed E-state index contributed by atoms with van der Waals surface area (Å²) in [6.07, 6.45) is 6.02. The molecule has 148 valence electrons. The Morgan fingerprint density at radius 3 is 2.65 bits per heavy atom. The number of hydrogen-bond donors (Lipinski definition) is 0. The Labute approximate surface area is 156 Å². The van der Waals surface area contributed by atoms with E-state index in [4.69, 9.17) is 0 Å². The number of carbonyl (C=O) groups excluding carboxylic acids is 1. The first-order chi connectivity index (χ1) is 12.3. The van der Waals surface area contributed by atoms with E-state index >= 15 is 0 Å². The van der Waals surface area contributed by atoms with Gasteiger partial charge in [0.1, 0.15) is 0 Å². The van der Waals surface area contributed by atoms with Gasteiger partial charge in [-0.2, -0.15) is 0 Å². The van der Waals surface area contributed by atoms with E-state index in [2.05, 4.69) is 11.1 Å². The van der Waals surface area contributed by atoms with E-state index in [9.17, 15) is 22.3 Å². The molecule has 0 spiro atoms. The van der Waals surface area contributed by atoms with Crippen LogP contribution in [0.2, 0.25) is 0 Å². The molecule has 5 nitrogen and oxygen atoms in total. The largest absolute Gasteiger partial charge is 0.766 e. The van der Waals surface area contributed by atoms with E-state index in [1.165, 1.54) is 0 Å². The summed E-state index contributed by atoms with van der Waals surface area (Å²) in [5.41, 5.74) is 1.11. The van der Waals surface area contributed by atoms with Gasteiger partial charge in [-0.1, -0.05) is 13.0 Å². The van der Waals surface area contributed by atoms with Gasteiger partial charge in [-0.3, -0.25) is 9.00 Å². The van der Waals surface area contributed by atoms with Gasteiger partial charge in [0.2, 0.25) is 5.12 Å². The molecule has 0 aromatic heterocycles. The van der Waals surface area contributed by atoms with Crippen LogP contribution < -0.4 is 0 Å². The summed E-state index contributed by atoms with van der Waals surface area (Å²) < 4.78 is 49.4. The van der Waals surface area contributed by atoms with Crippen molar-refractivity contribution in [3.63, 3.8) is 0 Å². The topological polar surface area (TPSA) is 63.7 Å². The normalized spacial score (nSPS) is 31.7. The molecule has 3 rings (SSSR count). The van der Waals surface area contributed by atoms with Crippen LogP contribution in [-0.2, 0) is 15.9 Å². The van der Waals surface area contributed by atoms with Crippen molar-refractivity contribution < 1.29 is 22.3 Å². The van der Waals surface area contributed by atoms with Crippen LogP contribution >= 0.6 is 0 Å². The van der Waals surface area contributed by atoms with Crippen LogP contribution in [0.25, 0.3) is 0 Å². The summed E-state index contributed by atoms with van der Waals surface area (Å²) in [7, 11) is 0. The van der Waals surface area contributed by atoms with Crippen molar-refractivity contribution in [3.05, 3.63) is 11.8 Å². The molecular weight excluding hydrogens is 362 g/mol. The second-order valence-electron chi connectivity index (χ2n) is 7.62. The molecule has 2 fully saturated rings. The van der Waals surface area contributed by atoms with Crippen molar-refractivity contribution in [1.82, 2.24) is 10.0 Å². The third-order valence-corrected chi connectivity index (χ3v) is 6.81. The molecule has 8 heteroatoms. The second kappa shape index (κ2) is 8.02. The maximum absolute atomic E-state index is 13.5. The van der Waals surface area contributed by atoms with Gasteiger partial charge >= 0.3 is 0 Å². The molecule has 0 amide bonds. The van der Waals surface area contributed by atoms with E-state index in [1.54, 1.807) is 0 Å². The fourth-order valence-corrected chi connectivity index (χ4v) is 5.43. The Bertz CT molecular complexity index is 589. The first-order valence-corrected chi connectivity index (χ1v) is 10.6. The third kappa shape index (κ3) is 4.02. The highest BCUT2D eigenvalue weighted by Crippen LogP contribution is 2.45. The van der Waals surface area contributed by atoms with Crippen LogP contribution in [-0.4, -0.2) is 49.5 Å². The fraction of sp³-hybridized carbons (Fsp3) is 0.833. The maximum Gasteiger partial charge on any atom is 0.250 e. The van der Waals surface area contributed by atoms with E-state index < -0.39 is 28.0 Å². The molecule has 3 aliphatic rings. The summed E-state index contributed by atoms with van der Waals surface area (Å²) in [6, 6.07) is 0. The molecule has 2 saturated heterocycles. The highest BCUT2D eigenvalue weighted by atomic mass is 32.2. The zero-order valence-corrected chi connectivity index (χ0v) is 16.0. The average Bonchev–Trinajstić information content (AvgIpc) is 2.62. The molecular formula is C18H27F2N2O3S-. The van der Waals surface area contributed by atoms with Crippen molar-refractivity contribution >= 4 is 16.2 Å². The molecule has 4 unspecified atom stereocenters. The number of alkyl halides is 2. The Morgan fingerprint density at radius 2 is 2.04 bits per heavy atom. The van der Waals surface area contributed by atoms with Crippen LogP contribution in [0.4, 0.5) is 8.78 Å². The second-order valence-corrected chi connectivity index (χ2v) is 8.49. The number of rotatable bonds is 4. The number of nitrogens with zero attached hydrogens (tertiary/aromatic N) is 2. The molecule has 0 radical (unpaired) electrons. The predicted molar refractivity (Wildman–Crippen MR) is 93.7 cm³/mol. The van der Waals surface area contributed by atoms with E-state index in [-0.39, 0.29) is 24.7 Å². The Balaban J connectivity index is 1.78. The molecule has 4 atom stereocenters. The summed E-state index contributed by atoms with van der Waals surface area (Å²) in [5.74, 6) is -2.91. The van der Waals surface area contributed by atoms with E-state index in [0.717, 1.165) is 31.4 Å². The first-order valence-electron chi connectivity index (χ1n) is 9.57. The lowest BCUT2D eigenvalue weighted by molar-refractivity contribution is -0.127. The Kier molecular flexibility index (Phi) is 6.14. The maximum atomic E-state index is 13.5. The number of hydrogen-bond acceptors (Lipinski definition) is 5. The first kappa shape index (κ1) is 19.9. The number of hydrazine groups is 1. The average molecular weight is 389 g/mol. The van der Waals surface area contributed by atoms with Gasteiger partial charge in [-0.25, -0.2) is 13.8 Å². The molecule has 0 saturated carbocycles. The highest BCUT2D eigenvalue weighted by Gasteiger charge is 2.43. The molecule has 0 aromatic rings. The number of allylic oxidation sites excluding steroid dienone is 2. The highest BCUT2D eigenvalue weighted by molar-refractivity contribution is 7.95. The summed E-state index contributed by atoms with van der Waals surface area (Å²) in [6.45, 7) is 3.19. The standard InChI is InChI=1S/C18H28F2N2O3S/c1-2-13(17(23)26(24)25)14-7-10-22(16-6-4-3-5-15(14)16)21-11-8-18(19,20)9-12-21/h6,13-15H,2-5,7-12H2,1H3,(H,24,25)/p-1. The van der Waals surface area contributed by atoms with Crippen molar-refractivity contribution in [3.8, 4) is 0 Å². The molecule has 2 heterocycles. The van der Waals surface area contributed by atoms with Crippen LogP contribution in [0, 0.1) is 17.8 Å². The lowest BCUT2D eigenvalue weighted by Gasteiger charge is -2.51. The van der Waals surface area contributed by atoms with Crippen molar-refractivity contribution in [2.24, 2.45) is 17.8 Å². The van der Waals surface area contributed by atoms with Gasteiger partial charge in [0, 0.05) is 61.1 Å². The number of fused-ring (bicyclic) bond motifs is 1. The van der Waals surface area contributed by atoms with Gasteiger partial charge in [-0.15, -0.1) is 0 Å². The molecule has 26 heavy (non-hydrogen) atoms. The fourth-order valence-electron chi connectivity index (χ4n) is 4.84. The zero-order valence-electron chi connectivity index (χ0n) is 15.2. The predicted octanol–water partition coefficient (Wildman–Crippen LogP) is 3.07. The minimum atomic E-state index is -2.69. The van der Waals surface area contributed by atoms with Gasteiger partial charge in [-0.05, 0) is 38.0 Å². The van der Waals surface area contributed by atoms with Crippen LogP contribution in [0.15, 0.2) is 11.8 Å². The van der Waals surface area contributed by atoms with Crippen LogP contribution in [0.5, 0.6) is 0 Å². The van der Waals surface area contributed by atoms with Crippen molar-refractivity contribution in [2.75, 3.05) is 19.6 Å². The van der Waals surface area contributed by atoms with E-state index in [0.29, 0.717) is 26.1 Å². The third-order valence-electron chi connectivity index (χ3n) is 6.18. The quantitative estimate of drug-likeness (QED) is 0.692. The van der Waals surface area contributed by atoms with Crippen molar-refractivity contribution in [2.45, 2.75) is 57.8 Å². The lowest BCUT2D eigenvalue weighted by Crippen LogP contribution is -2.54. The number of carbonyl (C=O) groups is 1. The monoisotopic (exact) mass is 389 g/mol.